The van der Waals surface area contributed by atoms with Crippen LogP contribution >= 0.6 is 0 Å². The van der Waals surface area contributed by atoms with Crippen molar-refractivity contribution in [2.45, 2.75) is 24.7 Å². The van der Waals surface area contributed by atoms with Crippen LogP contribution in [0, 0.1) is 6.92 Å². The first-order valence-electron chi connectivity index (χ1n) is 7.50. The summed E-state index contributed by atoms with van der Waals surface area (Å²) >= 11 is 0. The second-order valence-corrected chi connectivity index (χ2v) is 7.60. The van der Waals surface area contributed by atoms with E-state index in [1.165, 1.54) is 16.4 Å². The molecule has 24 heavy (non-hydrogen) atoms. The van der Waals surface area contributed by atoms with Crippen LogP contribution in [-0.4, -0.2) is 31.1 Å². The largest absolute Gasteiger partial charge is 0.506 e. The van der Waals surface area contributed by atoms with E-state index in [-0.39, 0.29) is 11.4 Å². The van der Waals surface area contributed by atoms with Crippen molar-refractivity contribution in [1.82, 2.24) is 0 Å². The molecule has 2 aromatic carbocycles. The highest BCUT2D eigenvalue weighted by Gasteiger charge is 2.32. The summed E-state index contributed by atoms with van der Waals surface area (Å²) in [5.74, 6) is -2.09. The molecular formula is C17H17NO5S. The van der Waals surface area contributed by atoms with Crippen LogP contribution in [-0.2, 0) is 16.4 Å². The van der Waals surface area contributed by atoms with Gasteiger partial charge in [-0.25, -0.2) is 13.2 Å². The zero-order chi connectivity index (χ0) is 17.5. The summed E-state index contributed by atoms with van der Waals surface area (Å²) in [5.41, 5.74) is 1.52. The van der Waals surface area contributed by atoms with Crippen LogP contribution in [0.4, 0.5) is 5.69 Å². The highest BCUT2D eigenvalue weighted by Crippen LogP contribution is 2.36. The average Bonchev–Trinajstić information content (AvgIpc) is 2.55. The number of carboxylic acid groups (broad SMARTS) is 1. The van der Waals surface area contributed by atoms with Gasteiger partial charge in [0.15, 0.2) is 5.75 Å². The van der Waals surface area contributed by atoms with Gasteiger partial charge in [-0.1, -0.05) is 18.2 Å². The molecular weight excluding hydrogens is 330 g/mol. The summed E-state index contributed by atoms with van der Waals surface area (Å²) in [4.78, 5) is 10.9. The number of hydrogen-bond donors (Lipinski definition) is 2. The van der Waals surface area contributed by atoms with Gasteiger partial charge < -0.3 is 10.2 Å². The smallest absolute Gasteiger partial charge is 0.339 e. The van der Waals surface area contributed by atoms with E-state index in [0.717, 1.165) is 12.0 Å². The molecule has 2 aromatic rings. The van der Waals surface area contributed by atoms with E-state index in [1.807, 2.05) is 12.1 Å². The molecule has 0 unspecified atom stereocenters. The minimum absolute atomic E-state index is 0.287. The fraction of sp³-hybridized carbons (Fsp3) is 0.235. The number of rotatable bonds is 3. The summed E-state index contributed by atoms with van der Waals surface area (Å²) in [5, 5.41) is 19.4. The summed E-state index contributed by atoms with van der Waals surface area (Å²) in [7, 11) is -4.06. The number of fused-ring (bicyclic) bond motifs is 1. The predicted octanol–water partition coefficient (Wildman–Crippen LogP) is 2.54. The van der Waals surface area contributed by atoms with Gasteiger partial charge >= 0.3 is 5.97 Å². The lowest BCUT2D eigenvalue weighted by molar-refractivity contribution is 0.0693. The maximum Gasteiger partial charge on any atom is 0.339 e. The van der Waals surface area contributed by atoms with Crippen LogP contribution in [0.25, 0.3) is 0 Å². The summed E-state index contributed by atoms with van der Waals surface area (Å²) in [6.07, 6.45) is 1.44. The van der Waals surface area contributed by atoms with Crippen molar-refractivity contribution in [3.8, 4) is 5.75 Å². The number of benzene rings is 2. The van der Waals surface area contributed by atoms with Crippen LogP contribution < -0.4 is 4.31 Å². The zero-order valence-electron chi connectivity index (χ0n) is 13.1. The number of nitrogens with zero attached hydrogens (tertiary/aromatic N) is 1. The van der Waals surface area contributed by atoms with Gasteiger partial charge in [-0.15, -0.1) is 0 Å². The maximum atomic E-state index is 13.1. The van der Waals surface area contributed by atoms with Gasteiger partial charge in [-0.05, 0) is 49.1 Å². The second-order valence-electron chi connectivity index (χ2n) is 5.77. The highest BCUT2D eigenvalue weighted by molar-refractivity contribution is 7.93. The van der Waals surface area contributed by atoms with Crippen molar-refractivity contribution in [2.75, 3.05) is 10.8 Å². The number of para-hydroxylation sites is 1. The van der Waals surface area contributed by atoms with Crippen LogP contribution in [0.5, 0.6) is 5.75 Å². The first kappa shape index (κ1) is 16.3. The number of aromatic carboxylic acids is 1. The quantitative estimate of drug-likeness (QED) is 0.890. The van der Waals surface area contributed by atoms with Gasteiger partial charge in [0, 0.05) is 6.54 Å². The zero-order valence-corrected chi connectivity index (χ0v) is 13.9. The van der Waals surface area contributed by atoms with Crippen molar-refractivity contribution in [3.63, 3.8) is 0 Å². The molecule has 1 heterocycles. The van der Waals surface area contributed by atoms with E-state index < -0.39 is 27.3 Å². The molecule has 1 aliphatic heterocycles. The van der Waals surface area contributed by atoms with Crippen molar-refractivity contribution in [1.29, 1.82) is 0 Å². The van der Waals surface area contributed by atoms with Crippen molar-refractivity contribution < 1.29 is 23.4 Å². The fourth-order valence-corrected chi connectivity index (χ4v) is 4.71. The van der Waals surface area contributed by atoms with E-state index in [1.54, 1.807) is 19.1 Å². The summed E-state index contributed by atoms with van der Waals surface area (Å²) < 4.78 is 27.4. The lowest BCUT2D eigenvalue weighted by atomic mass is 10.0. The van der Waals surface area contributed by atoms with Crippen LogP contribution in [0.3, 0.4) is 0 Å². The van der Waals surface area contributed by atoms with Crippen molar-refractivity contribution in [2.24, 2.45) is 0 Å². The van der Waals surface area contributed by atoms with Gasteiger partial charge in [-0.3, -0.25) is 4.31 Å². The normalized spacial score (nSPS) is 14.3. The third kappa shape index (κ3) is 2.60. The molecule has 3 rings (SSSR count). The first-order valence-corrected chi connectivity index (χ1v) is 8.94. The Hall–Kier alpha value is -2.54. The number of hydrogen-bond acceptors (Lipinski definition) is 4. The lowest BCUT2D eigenvalue weighted by Gasteiger charge is -2.30. The van der Waals surface area contributed by atoms with E-state index in [0.29, 0.717) is 17.7 Å². The molecule has 6 nitrogen and oxygen atoms in total. The topological polar surface area (TPSA) is 94.9 Å². The Bertz CT molecular complexity index is 921. The highest BCUT2D eigenvalue weighted by atomic mass is 32.2. The molecule has 0 bridgehead atoms. The van der Waals surface area contributed by atoms with E-state index >= 15 is 0 Å². The molecule has 0 fully saturated rings. The minimum Gasteiger partial charge on any atom is -0.506 e. The maximum absolute atomic E-state index is 13.1. The van der Waals surface area contributed by atoms with Crippen LogP contribution in [0.15, 0.2) is 41.3 Å². The Morgan fingerprint density at radius 3 is 2.62 bits per heavy atom. The number of carboxylic acids is 1. The number of anilines is 1. The van der Waals surface area contributed by atoms with Gasteiger partial charge in [-0.2, -0.15) is 0 Å². The van der Waals surface area contributed by atoms with Gasteiger partial charge in [0.2, 0.25) is 0 Å². The molecule has 0 atom stereocenters. The third-order valence-electron chi connectivity index (χ3n) is 4.09. The standard InChI is InChI=1S/C17H17NO5S/c1-11-9-13(17(20)21)16(19)15(10-11)24(22,23)18-8-4-6-12-5-2-3-7-14(12)18/h2-3,5,7,9-10,19H,4,6,8H2,1H3,(H,20,21). The molecule has 0 spiro atoms. The Kier molecular flexibility index (Phi) is 3.96. The minimum atomic E-state index is -4.06. The molecule has 7 heteroatoms. The first-order chi connectivity index (χ1) is 11.3. The SMILES string of the molecule is Cc1cc(C(=O)O)c(O)c(S(=O)(=O)N2CCCc3ccccc32)c1. The molecule has 0 aliphatic carbocycles. The molecule has 0 aromatic heterocycles. The van der Waals surface area contributed by atoms with Crippen LogP contribution in [0.1, 0.15) is 27.9 Å². The molecule has 0 saturated heterocycles. The number of sulfonamides is 1. The molecule has 1 aliphatic rings. The Morgan fingerprint density at radius 1 is 1.21 bits per heavy atom. The van der Waals surface area contributed by atoms with Gasteiger partial charge in [0.1, 0.15) is 10.5 Å². The van der Waals surface area contributed by atoms with Gasteiger partial charge in [0.05, 0.1) is 5.69 Å². The van der Waals surface area contributed by atoms with E-state index in [9.17, 15) is 23.4 Å². The number of carbonyl (C=O) groups is 1. The molecule has 0 saturated carbocycles. The Balaban J connectivity index is 2.19. The molecule has 126 valence electrons. The molecule has 0 radical (unpaired) electrons. The lowest BCUT2D eigenvalue weighted by Crippen LogP contribution is -2.35. The molecule has 0 amide bonds. The number of phenols is 1. The fourth-order valence-electron chi connectivity index (χ4n) is 2.97. The van der Waals surface area contributed by atoms with E-state index in [4.69, 9.17) is 0 Å². The number of aromatic hydroxyl groups is 1. The van der Waals surface area contributed by atoms with Crippen molar-refractivity contribution >= 4 is 21.7 Å². The average molecular weight is 347 g/mol. The van der Waals surface area contributed by atoms with E-state index in [2.05, 4.69) is 0 Å². The summed E-state index contributed by atoms with van der Waals surface area (Å²) in [6.45, 7) is 1.88. The number of aryl methyl sites for hydroxylation is 2. The van der Waals surface area contributed by atoms with Crippen molar-refractivity contribution in [3.05, 3.63) is 53.1 Å². The van der Waals surface area contributed by atoms with Gasteiger partial charge in [0.25, 0.3) is 10.0 Å². The summed E-state index contributed by atoms with van der Waals surface area (Å²) in [6, 6.07) is 9.75. The molecule has 2 N–H and O–H groups in total. The monoisotopic (exact) mass is 347 g/mol. The Morgan fingerprint density at radius 2 is 1.92 bits per heavy atom. The third-order valence-corrected chi connectivity index (χ3v) is 5.91. The predicted molar refractivity (Wildman–Crippen MR) is 89.1 cm³/mol. The Labute approximate surface area is 140 Å². The second kappa shape index (κ2) is 5.83. The van der Waals surface area contributed by atoms with Crippen LogP contribution in [0.2, 0.25) is 0 Å².